The van der Waals surface area contributed by atoms with E-state index in [0.29, 0.717) is 6.04 Å². The topological polar surface area (TPSA) is 41.6 Å². The largest absolute Gasteiger partial charge is 0.444 e. The molecule has 1 fully saturated rings. The Kier molecular flexibility index (Phi) is 5.93. The van der Waals surface area contributed by atoms with Gasteiger partial charge in [-0.15, -0.1) is 0 Å². The molecule has 0 aromatic heterocycles. The molecule has 1 aliphatic heterocycles. The molecule has 1 amide bonds. The zero-order valence-electron chi connectivity index (χ0n) is 14.4. The summed E-state index contributed by atoms with van der Waals surface area (Å²) in [6.07, 6.45) is 1.68. The summed E-state index contributed by atoms with van der Waals surface area (Å²) in [5, 5.41) is 4.40. The third-order valence-corrected chi connectivity index (χ3v) is 4.25. The van der Waals surface area contributed by atoms with E-state index in [-0.39, 0.29) is 12.1 Å². The Bertz CT molecular complexity index is 517. The Balaban J connectivity index is 1.80. The number of nitrogens with zero attached hydrogens (tertiary/aromatic N) is 1. The molecular formula is C18H27ClN2O2. The second kappa shape index (κ2) is 7.54. The summed E-state index contributed by atoms with van der Waals surface area (Å²) in [6.45, 7) is 9.32. The number of likely N-dealkylation sites (tertiary alicyclic amines) is 1. The summed E-state index contributed by atoms with van der Waals surface area (Å²) < 4.78 is 5.43. The minimum absolute atomic E-state index is 0.207. The van der Waals surface area contributed by atoms with Crippen LogP contribution in [0, 0.1) is 0 Å². The van der Waals surface area contributed by atoms with Gasteiger partial charge in [-0.1, -0.05) is 23.7 Å². The first kappa shape index (κ1) is 18.1. The average Bonchev–Trinajstić information content (AvgIpc) is 2.46. The molecule has 2 rings (SSSR count). The predicted molar refractivity (Wildman–Crippen MR) is 93.8 cm³/mol. The van der Waals surface area contributed by atoms with Gasteiger partial charge in [0, 0.05) is 30.2 Å². The van der Waals surface area contributed by atoms with Gasteiger partial charge in [0.15, 0.2) is 0 Å². The molecule has 0 aliphatic carbocycles. The normalized spacial score (nSPS) is 17.9. The number of benzene rings is 1. The molecule has 0 unspecified atom stereocenters. The van der Waals surface area contributed by atoms with Crippen LogP contribution in [0.4, 0.5) is 4.79 Å². The van der Waals surface area contributed by atoms with Crippen molar-refractivity contribution in [2.24, 2.45) is 0 Å². The highest BCUT2D eigenvalue weighted by atomic mass is 35.5. The molecule has 1 saturated heterocycles. The highest BCUT2D eigenvalue weighted by molar-refractivity contribution is 6.30. The Morgan fingerprint density at radius 1 is 1.26 bits per heavy atom. The molecule has 0 bridgehead atoms. The zero-order valence-corrected chi connectivity index (χ0v) is 15.2. The summed E-state index contributed by atoms with van der Waals surface area (Å²) in [7, 11) is 0. The highest BCUT2D eigenvalue weighted by Crippen LogP contribution is 2.20. The number of rotatable bonds is 3. The maximum Gasteiger partial charge on any atom is 0.410 e. The molecule has 0 spiro atoms. The maximum atomic E-state index is 12.1. The van der Waals surface area contributed by atoms with Gasteiger partial charge in [0.25, 0.3) is 0 Å². The van der Waals surface area contributed by atoms with Crippen molar-refractivity contribution in [1.29, 1.82) is 0 Å². The molecule has 1 aromatic rings. The van der Waals surface area contributed by atoms with Crippen LogP contribution in [0.1, 0.15) is 52.1 Å². The standard InChI is InChI=1S/C18H27ClN2O2/c1-13(14-5-7-15(19)8-6-14)20-16-9-11-21(12-10-16)17(22)23-18(2,3)4/h5-8,13,16,20H,9-12H2,1-4H3/t13-/m0/s1. The second-order valence-corrected chi connectivity index (χ2v) is 7.62. The lowest BCUT2D eigenvalue weighted by atomic mass is 10.0. The Morgan fingerprint density at radius 3 is 2.35 bits per heavy atom. The number of amides is 1. The Labute approximate surface area is 144 Å². The Morgan fingerprint density at radius 2 is 1.83 bits per heavy atom. The van der Waals surface area contributed by atoms with Crippen LogP contribution in [0.15, 0.2) is 24.3 Å². The lowest BCUT2D eigenvalue weighted by molar-refractivity contribution is 0.0196. The number of ether oxygens (including phenoxy) is 1. The number of piperidine rings is 1. The van der Waals surface area contributed by atoms with Gasteiger partial charge in [0.05, 0.1) is 0 Å². The van der Waals surface area contributed by atoms with Gasteiger partial charge >= 0.3 is 6.09 Å². The highest BCUT2D eigenvalue weighted by Gasteiger charge is 2.27. The van der Waals surface area contributed by atoms with Gasteiger partial charge in [-0.3, -0.25) is 0 Å². The third kappa shape index (κ3) is 5.70. The molecule has 1 heterocycles. The molecule has 1 aromatic carbocycles. The minimum Gasteiger partial charge on any atom is -0.444 e. The van der Waals surface area contributed by atoms with E-state index in [1.165, 1.54) is 5.56 Å². The predicted octanol–water partition coefficient (Wildman–Crippen LogP) is 4.39. The SMILES string of the molecule is C[C@H](NC1CCN(C(=O)OC(C)(C)C)CC1)c1ccc(Cl)cc1. The van der Waals surface area contributed by atoms with Crippen LogP contribution in [-0.4, -0.2) is 35.7 Å². The molecule has 4 nitrogen and oxygen atoms in total. The summed E-state index contributed by atoms with van der Waals surface area (Å²) in [5.74, 6) is 0. The fourth-order valence-electron chi connectivity index (χ4n) is 2.76. The van der Waals surface area contributed by atoms with Crippen molar-refractivity contribution < 1.29 is 9.53 Å². The molecule has 0 saturated carbocycles. The smallest absolute Gasteiger partial charge is 0.410 e. The average molecular weight is 339 g/mol. The van der Waals surface area contributed by atoms with E-state index in [2.05, 4.69) is 24.4 Å². The zero-order chi connectivity index (χ0) is 17.0. The monoisotopic (exact) mass is 338 g/mol. The van der Waals surface area contributed by atoms with Gasteiger partial charge < -0.3 is 15.0 Å². The van der Waals surface area contributed by atoms with Crippen molar-refractivity contribution in [2.45, 2.75) is 58.2 Å². The van der Waals surface area contributed by atoms with Crippen LogP contribution in [0.2, 0.25) is 5.02 Å². The molecule has 1 atom stereocenters. The fourth-order valence-corrected chi connectivity index (χ4v) is 2.88. The van der Waals surface area contributed by atoms with E-state index >= 15 is 0 Å². The first-order chi connectivity index (χ1) is 10.7. The molecule has 0 radical (unpaired) electrons. The number of nitrogens with one attached hydrogen (secondary N) is 1. The minimum atomic E-state index is -0.435. The van der Waals surface area contributed by atoms with E-state index in [1.54, 1.807) is 4.90 Å². The third-order valence-electron chi connectivity index (χ3n) is 4.00. The van der Waals surface area contributed by atoms with Crippen LogP contribution >= 0.6 is 11.6 Å². The van der Waals surface area contributed by atoms with Gasteiger partial charge in [-0.05, 0) is 58.2 Å². The van der Waals surface area contributed by atoms with E-state index in [4.69, 9.17) is 16.3 Å². The Hall–Kier alpha value is -1.26. The number of halogens is 1. The van der Waals surface area contributed by atoms with Crippen LogP contribution in [-0.2, 0) is 4.74 Å². The molecule has 1 aliphatic rings. The van der Waals surface area contributed by atoms with Gasteiger partial charge in [0.1, 0.15) is 5.60 Å². The second-order valence-electron chi connectivity index (χ2n) is 7.18. The van der Waals surface area contributed by atoms with Crippen molar-refractivity contribution in [3.8, 4) is 0 Å². The van der Waals surface area contributed by atoms with Crippen molar-refractivity contribution in [3.05, 3.63) is 34.9 Å². The van der Waals surface area contributed by atoms with Crippen molar-refractivity contribution in [2.75, 3.05) is 13.1 Å². The summed E-state index contributed by atoms with van der Waals surface area (Å²) in [4.78, 5) is 13.9. The van der Waals surface area contributed by atoms with Crippen LogP contribution in [0.25, 0.3) is 0 Å². The van der Waals surface area contributed by atoms with Crippen LogP contribution in [0.3, 0.4) is 0 Å². The van der Waals surface area contributed by atoms with Gasteiger partial charge in [-0.2, -0.15) is 0 Å². The van der Waals surface area contributed by atoms with Gasteiger partial charge in [0.2, 0.25) is 0 Å². The molecule has 23 heavy (non-hydrogen) atoms. The van der Waals surface area contributed by atoms with E-state index in [1.807, 2.05) is 32.9 Å². The molecular weight excluding hydrogens is 312 g/mol. The van der Waals surface area contributed by atoms with Crippen LogP contribution in [0.5, 0.6) is 0 Å². The number of carbonyl (C=O) groups is 1. The summed E-state index contributed by atoms with van der Waals surface area (Å²) >= 11 is 5.93. The molecule has 128 valence electrons. The lowest BCUT2D eigenvalue weighted by Gasteiger charge is -2.35. The quantitative estimate of drug-likeness (QED) is 0.888. The van der Waals surface area contributed by atoms with Crippen molar-refractivity contribution >= 4 is 17.7 Å². The first-order valence-electron chi connectivity index (χ1n) is 8.24. The molecule has 1 N–H and O–H groups in total. The molecule has 5 heteroatoms. The van der Waals surface area contributed by atoms with E-state index in [0.717, 1.165) is 31.0 Å². The summed E-state index contributed by atoms with van der Waals surface area (Å²) in [6, 6.07) is 8.62. The first-order valence-corrected chi connectivity index (χ1v) is 8.62. The van der Waals surface area contributed by atoms with Crippen LogP contribution < -0.4 is 5.32 Å². The van der Waals surface area contributed by atoms with Crippen molar-refractivity contribution in [1.82, 2.24) is 10.2 Å². The number of hydrogen-bond acceptors (Lipinski definition) is 3. The number of carbonyl (C=O) groups excluding carboxylic acids is 1. The van der Waals surface area contributed by atoms with E-state index < -0.39 is 5.60 Å². The summed E-state index contributed by atoms with van der Waals surface area (Å²) in [5.41, 5.74) is 0.791. The number of hydrogen-bond donors (Lipinski definition) is 1. The van der Waals surface area contributed by atoms with E-state index in [9.17, 15) is 4.79 Å². The lowest BCUT2D eigenvalue weighted by Crippen LogP contribution is -2.46. The fraction of sp³-hybridized carbons (Fsp3) is 0.611. The van der Waals surface area contributed by atoms with Gasteiger partial charge in [-0.25, -0.2) is 4.79 Å². The van der Waals surface area contributed by atoms with Crippen molar-refractivity contribution in [3.63, 3.8) is 0 Å². The maximum absolute atomic E-state index is 12.1.